The van der Waals surface area contributed by atoms with Crippen molar-refractivity contribution in [3.8, 4) is 0 Å². The number of pyridine rings is 1. The summed E-state index contributed by atoms with van der Waals surface area (Å²) in [5, 5.41) is 5.27. The zero-order valence-corrected chi connectivity index (χ0v) is 9.90. The minimum atomic E-state index is -0.189. The van der Waals surface area contributed by atoms with Gasteiger partial charge < -0.3 is 10.6 Å². The lowest BCUT2D eigenvalue weighted by Crippen LogP contribution is -2.36. The molecule has 2 N–H and O–H groups in total. The van der Waals surface area contributed by atoms with Crippen LogP contribution in [0, 0.1) is 0 Å². The van der Waals surface area contributed by atoms with Crippen LogP contribution in [0.2, 0.25) is 0 Å². The summed E-state index contributed by atoms with van der Waals surface area (Å²) in [6.07, 6.45) is 4.58. The Kier molecular flexibility index (Phi) is 5.71. The maximum Gasteiger partial charge on any atom is 0.239 e. The predicted molar refractivity (Wildman–Crippen MR) is 64.0 cm³/mol. The van der Waals surface area contributed by atoms with Gasteiger partial charge in [-0.15, -0.1) is 0 Å². The second kappa shape index (κ2) is 7.38. The minimum Gasteiger partial charge on any atom is -0.350 e. The van der Waals surface area contributed by atoms with E-state index in [0.717, 1.165) is 12.0 Å². The van der Waals surface area contributed by atoms with E-state index in [2.05, 4.69) is 15.6 Å². The van der Waals surface area contributed by atoms with Gasteiger partial charge in [0.1, 0.15) is 0 Å². The lowest BCUT2D eigenvalue weighted by atomic mass is 10.3. The van der Waals surface area contributed by atoms with Gasteiger partial charge in [0.25, 0.3) is 0 Å². The molecule has 1 rings (SSSR count). The van der Waals surface area contributed by atoms with E-state index in [4.69, 9.17) is 0 Å². The molecule has 0 unspecified atom stereocenters. The summed E-state index contributed by atoms with van der Waals surface area (Å²) in [6.45, 7) is 2.40. The van der Waals surface area contributed by atoms with Crippen molar-refractivity contribution < 1.29 is 9.59 Å². The third-order valence-corrected chi connectivity index (χ3v) is 2.16. The first-order chi connectivity index (χ1) is 8.22. The maximum atomic E-state index is 11.4. The van der Waals surface area contributed by atoms with E-state index in [9.17, 15) is 9.59 Å². The Hall–Kier alpha value is -1.91. The fraction of sp³-hybridized carbons (Fsp3) is 0.417. The van der Waals surface area contributed by atoms with Crippen LogP contribution in [0.25, 0.3) is 0 Å². The Morgan fingerprint density at radius 3 is 2.53 bits per heavy atom. The smallest absolute Gasteiger partial charge is 0.239 e. The number of carbonyl (C=O) groups is 2. The van der Waals surface area contributed by atoms with Crippen LogP contribution in [-0.2, 0) is 16.1 Å². The van der Waals surface area contributed by atoms with Gasteiger partial charge in [0, 0.05) is 25.4 Å². The van der Waals surface area contributed by atoms with Crippen LogP contribution < -0.4 is 10.6 Å². The molecule has 17 heavy (non-hydrogen) atoms. The predicted octanol–water partition coefficient (Wildman–Crippen LogP) is 0.614. The van der Waals surface area contributed by atoms with Gasteiger partial charge >= 0.3 is 0 Å². The number of nitrogens with zero attached hydrogens (tertiary/aromatic N) is 1. The van der Waals surface area contributed by atoms with Crippen molar-refractivity contribution >= 4 is 11.8 Å². The van der Waals surface area contributed by atoms with E-state index >= 15 is 0 Å². The van der Waals surface area contributed by atoms with Gasteiger partial charge in [0.2, 0.25) is 11.8 Å². The molecule has 0 spiro atoms. The quantitative estimate of drug-likeness (QED) is 0.759. The van der Waals surface area contributed by atoms with Crippen molar-refractivity contribution in [1.82, 2.24) is 15.6 Å². The van der Waals surface area contributed by atoms with Crippen molar-refractivity contribution in [2.75, 3.05) is 6.54 Å². The molecule has 5 heteroatoms. The monoisotopic (exact) mass is 235 g/mol. The molecule has 0 bridgehead atoms. The Morgan fingerprint density at radius 1 is 1.18 bits per heavy atom. The fourth-order valence-electron chi connectivity index (χ4n) is 1.26. The summed E-state index contributed by atoms with van der Waals surface area (Å²) in [5.74, 6) is -0.280. The van der Waals surface area contributed by atoms with E-state index in [-0.39, 0.29) is 18.4 Å². The lowest BCUT2D eigenvalue weighted by Gasteiger charge is -2.06. The number of rotatable bonds is 6. The van der Waals surface area contributed by atoms with Crippen LogP contribution in [0.3, 0.4) is 0 Å². The summed E-state index contributed by atoms with van der Waals surface area (Å²) in [6, 6.07) is 3.66. The summed E-state index contributed by atoms with van der Waals surface area (Å²) in [5.41, 5.74) is 0.980. The number of carbonyl (C=O) groups excluding carboxylic acids is 2. The third-order valence-electron chi connectivity index (χ3n) is 2.16. The molecule has 0 saturated heterocycles. The molecule has 0 radical (unpaired) electrons. The minimum absolute atomic E-state index is 0.0317. The lowest BCUT2D eigenvalue weighted by molar-refractivity contribution is -0.126. The van der Waals surface area contributed by atoms with E-state index in [1.807, 2.05) is 19.1 Å². The number of amides is 2. The number of hydrogen-bond acceptors (Lipinski definition) is 3. The van der Waals surface area contributed by atoms with Crippen LogP contribution in [-0.4, -0.2) is 23.3 Å². The van der Waals surface area contributed by atoms with Crippen molar-refractivity contribution in [2.45, 2.75) is 26.3 Å². The van der Waals surface area contributed by atoms with E-state index in [0.29, 0.717) is 13.0 Å². The molecular weight excluding hydrogens is 218 g/mol. The van der Waals surface area contributed by atoms with Gasteiger partial charge in [-0.25, -0.2) is 0 Å². The average molecular weight is 235 g/mol. The molecule has 0 atom stereocenters. The largest absolute Gasteiger partial charge is 0.350 e. The van der Waals surface area contributed by atoms with Gasteiger partial charge in [-0.2, -0.15) is 0 Å². The van der Waals surface area contributed by atoms with Crippen molar-refractivity contribution in [3.05, 3.63) is 30.1 Å². The van der Waals surface area contributed by atoms with Crippen LogP contribution in [0.15, 0.2) is 24.5 Å². The molecule has 2 amide bonds. The van der Waals surface area contributed by atoms with E-state index < -0.39 is 0 Å². The fourth-order valence-corrected chi connectivity index (χ4v) is 1.26. The second-order valence-corrected chi connectivity index (χ2v) is 3.66. The molecule has 0 aliphatic heterocycles. The summed E-state index contributed by atoms with van der Waals surface area (Å²) in [4.78, 5) is 26.4. The van der Waals surface area contributed by atoms with Crippen molar-refractivity contribution in [1.29, 1.82) is 0 Å². The molecule has 0 fully saturated rings. The average Bonchev–Trinajstić information content (AvgIpc) is 2.35. The maximum absolute atomic E-state index is 11.4. The highest BCUT2D eigenvalue weighted by Crippen LogP contribution is 1.94. The first kappa shape index (κ1) is 13.2. The molecule has 0 aromatic carbocycles. The molecule has 1 heterocycles. The van der Waals surface area contributed by atoms with Gasteiger partial charge in [-0.1, -0.05) is 6.92 Å². The summed E-state index contributed by atoms with van der Waals surface area (Å²) in [7, 11) is 0. The van der Waals surface area contributed by atoms with Crippen molar-refractivity contribution in [2.24, 2.45) is 0 Å². The van der Waals surface area contributed by atoms with Crippen LogP contribution in [0.1, 0.15) is 25.3 Å². The topological polar surface area (TPSA) is 71.1 Å². The number of aromatic nitrogens is 1. The third kappa shape index (κ3) is 5.65. The highest BCUT2D eigenvalue weighted by atomic mass is 16.2. The molecule has 1 aromatic rings. The Balaban J connectivity index is 2.20. The number of nitrogens with one attached hydrogen (secondary N) is 2. The van der Waals surface area contributed by atoms with Crippen LogP contribution in [0.4, 0.5) is 0 Å². The Labute approximate surface area is 101 Å². The molecular formula is C12H17N3O2. The van der Waals surface area contributed by atoms with E-state index in [1.165, 1.54) is 0 Å². The van der Waals surface area contributed by atoms with E-state index in [1.54, 1.807) is 12.4 Å². The molecule has 0 aliphatic carbocycles. The first-order valence-corrected chi connectivity index (χ1v) is 5.64. The molecule has 1 aromatic heterocycles. The Morgan fingerprint density at radius 2 is 1.88 bits per heavy atom. The van der Waals surface area contributed by atoms with Gasteiger partial charge in [-0.05, 0) is 24.1 Å². The van der Waals surface area contributed by atoms with Gasteiger partial charge in [0.15, 0.2) is 0 Å². The first-order valence-electron chi connectivity index (χ1n) is 5.64. The molecule has 0 aliphatic rings. The standard InChI is InChI=1S/C12H17N3O2/c1-2-3-11(16)15-9-12(17)14-8-10-4-6-13-7-5-10/h4-7H,2-3,8-9H2,1H3,(H,14,17)(H,15,16). The summed E-state index contributed by atoms with van der Waals surface area (Å²) >= 11 is 0. The zero-order valence-electron chi connectivity index (χ0n) is 9.90. The molecule has 5 nitrogen and oxygen atoms in total. The molecule has 92 valence electrons. The normalized spacial score (nSPS) is 9.71. The second-order valence-electron chi connectivity index (χ2n) is 3.66. The summed E-state index contributed by atoms with van der Waals surface area (Å²) < 4.78 is 0. The Bertz CT molecular complexity index is 365. The SMILES string of the molecule is CCCC(=O)NCC(=O)NCc1ccncc1. The van der Waals surface area contributed by atoms with Gasteiger partial charge in [-0.3, -0.25) is 14.6 Å². The van der Waals surface area contributed by atoms with Crippen LogP contribution in [0.5, 0.6) is 0 Å². The highest BCUT2D eigenvalue weighted by Gasteiger charge is 2.03. The molecule has 0 saturated carbocycles. The van der Waals surface area contributed by atoms with Gasteiger partial charge in [0.05, 0.1) is 6.54 Å². The van der Waals surface area contributed by atoms with Crippen molar-refractivity contribution in [3.63, 3.8) is 0 Å². The number of hydrogen-bond donors (Lipinski definition) is 2. The highest BCUT2D eigenvalue weighted by molar-refractivity contribution is 5.84. The van der Waals surface area contributed by atoms with Crippen LogP contribution >= 0.6 is 0 Å². The zero-order chi connectivity index (χ0) is 12.5.